The fraction of sp³-hybridized carbons (Fsp3) is 1.00. The summed E-state index contributed by atoms with van der Waals surface area (Å²) in [5.74, 6) is 0.123. The number of halogens is 1. The number of alkyl halides is 1. The first kappa shape index (κ1) is 11.2. The molecule has 0 radical (unpaired) electrons. The van der Waals surface area contributed by atoms with Crippen LogP contribution in [-0.2, 0) is 14.8 Å². The van der Waals surface area contributed by atoms with E-state index in [1.807, 2.05) is 0 Å². The highest BCUT2D eigenvalue weighted by Gasteiger charge is 2.31. The van der Waals surface area contributed by atoms with Crippen molar-refractivity contribution in [1.82, 2.24) is 4.72 Å². The van der Waals surface area contributed by atoms with Gasteiger partial charge < -0.3 is 4.74 Å². The zero-order valence-electron chi connectivity index (χ0n) is 7.49. The van der Waals surface area contributed by atoms with Gasteiger partial charge in [-0.15, -0.1) is 11.6 Å². The molecule has 0 bridgehead atoms. The van der Waals surface area contributed by atoms with Crippen LogP contribution < -0.4 is 4.72 Å². The molecule has 1 aliphatic carbocycles. The van der Waals surface area contributed by atoms with Crippen LogP contribution in [0.1, 0.15) is 12.8 Å². The number of hydrogen-bond donors (Lipinski definition) is 1. The first-order valence-corrected chi connectivity index (χ1v) is 6.35. The Hall–Kier alpha value is 0.160. The Morgan fingerprint density at radius 2 is 2.15 bits per heavy atom. The largest absolute Gasteiger partial charge is 0.381 e. The van der Waals surface area contributed by atoms with Gasteiger partial charge in [-0.2, -0.15) is 0 Å². The molecule has 13 heavy (non-hydrogen) atoms. The Morgan fingerprint density at radius 1 is 1.54 bits per heavy atom. The van der Waals surface area contributed by atoms with E-state index in [1.165, 1.54) is 0 Å². The lowest BCUT2D eigenvalue weighted by Gasteiger charge is -2.34. The molecule has 0 atom stereocenters. The van der Waals surface area contributed by atoms with Crippen LogP contribution in [-0.4, -0.2) is 39.3 Å². The monoisotopic (exact) mass is 227 g/mol. The summed E-state index contributed by atoms with van der Waals surface area (Å²) in [5, 5.41) is 0. The summed E-state index contributed by atoms with van der Waals surface area (Å²) in [6, 6.07) is 0.0400. The zero-order chi connectivity index (χ0) is 9.90. The molecule has 1 rings (SSSR count). The van der Waals surface area contributed by atoms with Gasteiger partial charge in [-0.3, -0.25) is 0 Å². The van der Waals surface area contributed by atoms with Crippen LogP contribution in [0.15, 0.2) is 0 Å². The number of sulfonamides is 1. The van der Waals surface area contributed by atoms with Crippen molar-refractivity contribution in [2.45, 2.75) is 25.0 Å². The molecule has 0 heterocycles. The van der Waals surface area contributed by atoms with Crippen molar-refractivity contribution in [3.05, 3.63) is 0 Å². The summed E-state index contributed by atoms with van der Waals surface area (Å²) in [4.78, 5) is 0. The fourth-order valence-corrected chi connectivity index (χ4v) is 2.90. The molecule has 0 aromatic heterocycles. The first-order chi connectivity index (χ1) is 6.07. The van der Waals surface area contributed by atoms with E-state index in [0.717, 1.165) is 12.8 Å². The predicted molar refractivity (Wildman–Crippen MR) is 51.5 cm³/mol. The van der Waals surface area contributed by atoms with E-state index in [0.29, 0.717) is 0 Å². The smallest absolute Gasteiger partial charge is 0.213 e. The SMILES string of the molecule is COC1CC(NS(=O)(=O)CCCl)C1. The Kier molecular flexibility index (Phi) is 3.97. The van der Waals surface area contributed by atoms with Gasteiger partial charge in [0.2, 0.25) is 10.0 Å². The highest BCUT2D eigenvalue weighted by Crippen LogP contribution is 2.23. The van der Waals surface area contributed by atoms with E-state index in [9.17, 15) is 8.42 Å². The molecule has 0 aromatic carbocycles. The second kappa shape index (κ2) is 4.59. The summed E-state index contributed by atoms with van der Waals surface area (Å²) < 4.78 is 30.0. The van der Waals surface area contributed by atoms with Gasteiger partial charge in [0, 0.05) is 19.0 Å². The van der Waals surface area contributed by atoms with Crippen LogP contribution in [0.4, 0.5) is 0 Å². The molecule has 0 saturated heterocycles. The first-order valence-electron chi connectivity index (χ1n) is 4.16. The van der Waals surface area contributed by atoms with Crippen LogP contribution >= 0.6 is 11.6 Å². The summed E-state index contributed by atoms with van der Waals surface area (Å²) in [6.45, 7) is 0. The summed E-state index contributed by atoms with van der Waals surface area (Å²) in [7, 11) is -1.53. The van der Waals surface area contributed by atoms with E-state index >= 15 is 0 Å². The van der Waals surface area contributed by atoms with Crippen molar-refractivity contribution in [1.29, 1.82) is 0 Å². The van der Waals surface area contributed by atoms with Gasteiger partial charge in [0.1, 0.15) is 0 Å². The second-order valence-corrected chi connectivity index (χ2v) is 5.40. The minimum atomic E-state index is -3.16. The molecule has 0 aromatic rings. The van der Waals surface area contributed by atoms with Gasteiger partial charge in [0.25, 0.3) is 0 Å². The molecule has 0 unspecified atom stereocenters. The molecule has 0 spiro atoms. The molecule has 1 N–H and O–H groups in total. The lowest BCUT2D eigenvalue weighted by atomic mass is 9.90. The van der Waals surface area contributed by atoms with Gasteiger partial charge in [0.05, 0.1) is 11.9 Å². The second-order valence-electron chi connectivity index (χ2n) is 3.15. The van der Waals surface area contributed by atoms with Crippen molar-refractivity contribution >= 4 is 21.6 Å². The minimum Gasteiger partial charge on any atom is -0.381 e. The van der Waals surface area contributed by atoms with Crippen LogP contribution in [0.5, 0.6) is 0 Å². The molecule has 0 amide bonds. The number of ether oxygens (including phenoxy) is 1. The third kappa shape index (κ3) is 3.42. The predicted octanol–water partition coefficient (Wildman–Crippen LogP) is 0.322. The van der Waals surface area contributed by atoms with Crippen molar-refractivity contribution in [3.63, 3.8) is 0 Å². The molecule has 1 aliphatic rings. The summed E-state index contributed by atoms with van der Waals surface area (Å²) in [5.41, 5.74) is 0. The number of nitrogens with one attached hydrogen (secondary N) is 1. The van der Waals surface area contributed by atoms with Gasteiger partial charge in [0.15, 0.2) is 0 Å². The lowest BCUT2D eigenvalue weighted by molar-refractivity contribution is 0.0236. The van der Waals surface area contributed by atoms with E-state index < -0.39 is 10.0 Å². The number of rotatable bonds is 5. The van der Waals surface area contributed by atoms with Crippen LogP contribution in [0.25, 0.3) is 0 Å². The maximum absolute atomic E-state index is 11.2. The molecular weight excluding hydrogens is 214 g/mol. The van der Waals surface area contributed by atoms with Crippen LogP contribution in [0.3, 0.4) is 0 Å². The van der Waals surface area contributed by atoms with Crippen molar-refractivity contribution in [2.75, 3.05) is 18.7 Å². The van der Waals surface area contributed by atoms with Crippen molar-refractivity contribution in [2.24, 2.45) is 0 Å². The van der Waals surface area contributed by atoms with E-state index in [-0.39, 0.29) is 23.8 Å². The Bertz CT molecular complexity index is 248. The zero-order valence-corrected chi connectivity index (χ0v) is 9.07. The lowest BCUT2D eigenvalue weighted by Crippen LogP contribution is -2.48. The van der Waals surface area contributed by atoms with E-state index in [4.69, 9.17) is 16.3 Å². The molecule has 0 aliphatic heterocycles. The fourth-order valence-electron chi connectivity index (χ4n) is 1.27. The molecule has 6 heteroatoms. The molecule has 1 fully saturated rings. The van der Waals surface area contributed by atoms with Gasteiger partial charge in [-0.05, 0) is 12.8 Å². The van der Waals surface area contributed by atoms with Gasteiger partial charge in [-0.1, -0.05) is 0 Å². The highest BCUT2D eigenvalue weighted by molar-refractivity contribution is 7.89. The third-order valence-corrected chi connectivity index (χ3v) is 3.97. The van der Waals surface area contributed by atoms with Crippen molar-refractivity contribution in [3.8, 4) is 0 Å². The van der Waals surface area contributed by atoms with Gasteiger partial charge >= 0.3 is 0 Å². The normalized spacial score (nSPS) is 28.5. The maximum atomic E-state index is 11.2. The van der Waals surface area contributed by atoms with Crippen LogP contribution in [0.2, 0.25) is 0 Å². The topological polar surface area (TPSA) is 55.4 Å². The maximum Gasteiger partial charge on any atom is 0.213 e. The third-order valence-electron chi connectivity index (χ3n) is 2.12. The molecule has 4 nitrogen and oxygen atoms in total. The number of methoxy groups -OCH3 is 1. The molecule has 78 valence electrons. The number of hydrogen-bond acceptors (Lipinski definition) is 3. The molecule has 1 saturated carbocycles. The quantitative estimate of drug-likeness (QED) is 0.689. The standard InChI is InChI=1S/C7H14ClNO3S/c1-12-7-4-6(5-7)9-13(10,11)3-2-8/h6-7,9H,2-5H2,1H3. The minimum absolute atomic E-state index is 0.0112. The summed E-state index contributed by atoms with van der Waals surface area (Å²) >= 11 is 5.34. The van der Waals surface area contributed by atoms with Crippen LogP contribution in [0, 0.1) is 0 Å². The molecular formula is C7H14ClNO3S. The Morgan fingerprint density at radius 3 is 2.62 bits per heavy atom. The summed E-state index contributed by atoms with van der Waals surface area (Å²) in [6.07, 6.45) is 1.74. The average molecular weight is 228 g/mol. The Labute approximate surface area is 83.7 Å². The van der Waals surface area contributed by atoms with E-state index in [1.54, 1.807) is 7.11 Å². The average Bonchev–Trinajstić information content (AvgIpc) is 1.95. The highest BCUT2D eigenvalue weighted by atomic mass is 35.5. The van der Waals surface area contributed by atoms with Crippen molar-refractivity contribution < 1.29 is 13.2 Å². The van der Waals surface area contributed by atoms with Gasteiger partial charge in [-0.25, -0.2) is 13.1 Å². The van der Waals surface area contributed by atoms with E-state index in [2.05, 4.69) is 4.72 Å². The Balaban J connectivity index is 2.27.